The van der Waals surface area contributed by atoms with Crippen LogP contribution in [0.2, 0.25) is 0 Å². The maximum absolute atomic E-state index is 11.2. The molecule has 0 aliphatic rings. The van der Waals surface area contributed by atoms with Gasteiger partial charge in [0, 0.05) is 5.56 Å². The van der Waals surface area contributed by atoms with Crippen LogP contribution in [-0.4, -0.2) is 21.1 Å². The predicted molar refractivity (Wildman–Crippen MR) is 78.4 cm³/mol. The highest BCUT2D eigenvalue weighted by molar-refractivity contribution is 5.93. The number of primary amides is 1. The number of amides is 1. The average molecular weight is 286 g/mol. The van der Waals surface area contributed by atoms with Gasteiger partial charge in [-0.05, 0) is 37.5 Å². The molecular weight excluding hydrogens is 268 g/mol. The zero-order valence-electron chi connectivity index (χ0n) is 12.4. The molecule has 6 heteroatoms. The highest BCUT2D eigenvalue weighted by atomic mass is 16.5. The van der Waals surface area contributed by atoms with Crippen molar-refractivity contribution in [2.24, 2.45) is 5.73 Å². The smallest absolute Gasteiger partial charge is 0.341 e. The third kappa shape index (κ3) is 3.34. The number of hydrogen-bond acceptors (Lipinski definition) is 5. The number of carbonyl (C=O) groups is 1. The summed E-state index contributed by atoms with van der Waals surface area (Å²) in [7, 11) is 0. The van der Waals surface area contributed by atoms with E-state index >= 15 is 0 Å². The number of ether oxygens (including phenoxy) is 1. The van der Waals surface area contributed by atoms with Gasteiger partial charge in [0.25, 0.3) is 0 Å². The molecule has 1 aromatic heterocycles. The molecule has 0 fully saturated rings. The van der Waals surface area contributed by atoms with E-state index in [9.17, 15) is 4.79 Å². The Morgan fingerprint density at radius 2 is 1.90 bits per heavy atom. The van der Waals surface area contributed by atoms with Gasteiger partial charge >= 0.3 is 6.01 Å². The van der Waals surface area contributed by atoms with Gasteiger partial charge in [0.15, 0.2) is 0 Å². The van der Waals surface area contributed by atoms with Gasteiger partial charge in [0.05, 0.1) is 11.4 Å². The molecule has 2 aromatic rings. The Bertz CT molecular complexity index is 671. The SMILES string of the molecule is CCc1nnc(Oc2cc(C(N)=O)ccc2C)nc1CC. The van der Waals surface area contributed by atoms with Gasteiger partial charge in [0.1, 0.15) is 5.75 Å². The van der Waals surface area contributed by atoms with Crippen LogP contribution in [0.15, 0.2) is 18.2 Å². The Kier molecular flexibility index (Phi) is 4.47. The molecule has 0 atom stereocenters. The fourth-order valence-electron chi connectivity index (χ4n) is 1.93. The van der Waals surface area contributed by atoms with Gasteiger partial charge in [-0.15, -0.1) is 5.10 Å². The van der Waals surface area contributed by atoms with E-state index in [1.165, 1.54) is 0 Å². The maximum Gasteiger partial charge on any atom is 0.341 e. The zero-order valence-corrected chi connectivity index (χ0v) is 12.4. The Balaban J connectivity index is 2.33. The molecule has 0 radical (unpaired) electrons. The fourth-order valence-corrected chi connectivity index (χ4v) is 1.93. The second-order valence-electron chi connectivity index (χ2n) is 4.64. The van der Waals surface area contributed by atoms with E-state index in [0.717, 1.165) is 29.8 Å². The van der Waals surface area contributed by atoms with Crippen LogP contribution in [-0.2, 0) is 12.8 Å². The maximum atomic E-state index is 11.2. The van der Waals surface area contributed by atoms with E-state index in [0.29, 0.717) is 11.3 Å². The molecule has 1 aromatic carbocycles. The van der Waals surface area contributed by atoms with E-state index < -0.39 is 5.91 Å². The number of nitrogens with two attached hydrogens (primary N) is 1. The Labute approximate surface area is 123 Å². The molecule has 6 nitrogen and oxygen atoms in total. The van der Waals surface area contributed by atoms with E-state index in [-0.39, 0.29) is 6.01 Å². The molecule has 2 N–H and O–H groups in total. The van der Waals surface area contributed by atoms with Crippen molar-refractivity contribution in [2.45, 2.75) is 33.6 Å². The second-order valence-corrected chi connectivity index (χ2v) is 4.64. The molecule has 0 unspecified atom stereocenters. The first kappa shape index (κ1) is 14.9. The van der Waals surface area contributed by atoms with E-state index in [1.54, 1.807) is 18.2 Å². The monoisotopic (exact) mass is 286 g/mol. The Hall–Kier alpha value is -2.50. The van der Waals surface area contributed by atoms with Gasteiger partial charge in [0.2, 0.25) is 5.91 Å². The second kappa shape index (κ2) is 6.30. The molecule has 0 aliphatic heterocycles. The Morgan fingerprint density at radius 1 is 1.19 bits per heavy atom. The number of carbonyl (C=O) groups excluding carboxylic acids is 1. The molecule has 21 heavy (non-hydrogen) atoms. The first-order valence-corrected chi connectivity index (χ1v) is 6.85. The summed E-state index contributed by atoms with van der Waals surface area (Å²) in [5.41, 5.74) is 8.25. The predicted octanol–water partition coefficient (Wildman–Crippen LogP) is 2.20. The molecule has 1 heterocycles. The van der Waals surface area contributed by atoms with Crippen molar-refractivity contribution in [1.82, 2.24) is 15.2 Å². The van der Waals surface area contributed by atoms with Crippen molar-refractivity contribution in [3.63, 3.8) is 0 Å². The standard InChI is InChI=1S/C15H18N4O2/c1-4-11-12(5-2)18-19-15(17-11)21-13-8-10(14(16)20)7-6-9(13)3/h6-8H,4-5H2,1-3H3,(H2,16,20). The number of aromatic nitrogens is 3. The number of hydrogen-bond donors (Lipinski definition) is 1. The number of aryl methyl sites for hydroxylation is 3. The summed E-state index contributed by atoms with van der Waals surface area (Å²) in [6, 6.07) is 5.18. The highest BCUT2D eigenvalue weighted by Gasteiger charge is 2.11. The lowest BCUT2D eigenvalue weighted by Gasteiger charge is -2.09. The van der Waals surface area contributed by atoms with Crippen molar-refractivity contribution in [3.8, 4) is 11.8 Å². The Morgan fingerprint density at radius 3 is 2.52 bits per heavy atom. The lowest BCUT2D eigenvalue weighted by atomic mass is 10.1. The highest BCUT2D eigenvalue weighted by Crippen LogP contribution is 2.24. The summed E-state index contributed by atoms with van der Waals surface area (Å²) in [4.78, 5) is 15.6. The molecule has 1 amide bonds. The molecular formula is C15H18N4O2. The van der Waals surface area contributed by atoms with Crippen molar-refractivity contribution < 1.29 is 9.53 Å². The van der Waals surface area contributed by atoms with Gasteiger partial charge in [-0.2, -0.15) is 4.98 Å². The lowest BCUT2D eigenvalue weighted by Crippen LogP contribution is -2.11. The van der Waals surface area contributed by atoms with Crippen LogP contribution >= 0.6 is 0 Å². The molecule has 0 saturated heterocycles. The van der Waals surface area contributed by atoms with Gasteiger partial charge in [-0.3, -0.25) is 4.79 Å². The number of benzene rings is 1. The number of rotatable bonds is 5. The summed E-state index contributed by atoms with van der Waals surface area (Å²) in [5, 5.41) is 8.09. The molecule has 2 rings (SSSR count). The molecule has 0 bridgehead atoms. The van der Waals surface area contributed by atoms with Gasteiger partial charge < -0.3 is 10.5 Å². The van der Waals surface area contributed by atoms with E-state index in [1.807, 2.05) is 20.8 Å². The molecule has 0 spiro atoms. The van der Waals surface area contributed by atoms with E-state index in [4.69, 9.17) is 10.5 Å². The van der Waals surface area contributed by atoms with Crippen LogP contribution < -0.4 is 10.5 Å². The summed E-state index contributed by atoms with van der Waals surface area (Å²) in [6.45, 7) is 5.88. The van der Waals surface area contributed by atoms with Gasteiger partial charge in [-0.25, -0.2) is 0 Å². The minimum atomic E-state index is -0.505. The summed E-state index contributed by atoms with van der Waals surface area (Å²) >= 11 is 0. The minimum absolute atomic E-state index is 0.175. The van der Waals surface area contributed by atoms with Crippen LogP contribution in [0.25, 0.3) is 0 Å². The van der Waals surface area contributed by atoms with Crippen LogP contribution in [0.3, 0.4) is 0 Å². The van der Waals surface area contributed by atoms with Crippen molar-refractivity contribution in [3.05, 3.63) is 40.7 Å². The molecule has 0 aliphatic carbocycles. The van der Waals surface area contributed by atoms with Crippen LogP contribution in [0.5, 0.6) is 11.8 Å². The van der Waals surface area contributed by atoms with Crippen LogP contribution in [0.1, 0.15) is 41.2 Å². The van der Waals surface area contributed by atoms with Gasteiger partial charge in [-0.1, -0.05) is 25.0 Å². The van der Waals surface area contributed by atoms with Crippen LogP contribution in [0, 0.1) is 6.92 Å². The molecule has 0 saturated carbocycles. The quantitative estimate of drug-likeness (QED) is 0.909. The largest absolute Gasteiger partial charge is 0.423 e. The van der Waals surface area contributed by atoms with Crippen LogP contribution in [0.4, 0.5) is 0 Å². The first-order valence-electron chi connectivity index (χ1n) is 6.85. The normalized spacial score (nSPS) is 10.4. The number of nitrogens with zero attached hydrogens (tertiary/aromatic N) is 3. The van der Waals surface area contributed by atoms with Crippen molar-refractivity contribution in [1.29, 1.82) is 0 Å². The summed E-state index contributed by atoms with van der Waals surface area (Å²) in [5.74, 6) is -0.00567. The summed E-state index contributed by atoms with van der Waals surface area (Å²) < 4.78 is 5.65. The third-order valence-corrected chi connectivity index (χ3v) is 3.16. The zero-order chi connectivity index (χ0) is 15.4. The first-order chi connectivity index (χ1) is 10.0. The fraction of sp³-hybridized carbons (Fsp3) is 0.333. The van der Waals surface area contributed by atoms with Crippen molar-refractivity contribution >= 4 is 5.91 Å². The minimum Gasteiger partial charge on any atom is -0.423 e. The molecule has 110 valence electrons. The van der Waals surface area contributed by atoms with E-state index in [2.05, 4.69) is 15.2 Å². The third-order valence-electron chi connectivity index (χ3n) is 3.16. The average Bonchev–Trinajstić information content (AvgIpc) is 2.49. The summed E-state index contributed by atoms with van der Waals surface area (Å²) in [6.07, 6.45) is 1.54. The lowest BCUT2D eigenvalue weighted by molar-refractivity contribution is 0.1000. The topological polar surface area (TPSA) is 91.0 Å². The van der Waals surface area contributed by atoms with Crippen molar-refractivity contribution in [2.75, 3.05) is 0 Å².